The first-order valence-electron chi connectivity index (χ1n) is 8.41. The quantitative estimate of drug-likeness (QED) is 0.787. The van der Waals surface area contributed by atoms with Crippen molar-refractivity contribution < 1.29 is 14.0 Å². The summed E-state index contributed by atoms with van der Waals surface area (Å²) in [7, 11) is 0. The van der Waals surface area contributed by atoms with Crippen molar-refractivity contribution >= 4 is 29.1 Å². The molecule has 0 unspecified atom stereocenters. The van der Waals surface area contributed by atoms with E-state index in [2.05, 4.69) is 5.32 Å². The molecular formula is C20H22ClFN2O2. The molecule has 0 fully saturated rings. The van der Waals surface area contributed by atoms with Crippen molar-refractivity contribution in [2.45, 2.75) is 26.7 Å². The van der Waals surface area contributed by atoms with Gasteiger partial charge in [-0.2, -0.15) is 0 Å². The number of rotatable bonds is 7. The van der Waals surface area contributed by atoms with Gasteiger partial charge in [0, 0.05) is 37.1 Å². The summed E-state index contributed by atoms with van der Waals surface area (Å²) >= 11 is 5.95. The molecule has 0 spiro atoms. The van der Waals surface area contributed by atoms with E-state index in [1.807, 2.05) is 13.0 Å². The second kappa shape index (κ2) is 9.34. The van der Waals surface area contributed by atoms with Crippen LogP contribution in [0.5, 0.6) is 0 Å². The number of aryl methyl sites for hydroxylation is 1. The molecule has 6 heteroatoms. The molecule has 138 valence electrons. The monoisotopic (exact) mass is 376 g/mol. The predicted molar refractivity (Wildman–Crippen MR) is 102 cm³/mol. The third kappa shape index (κ3) is 6.15. The molecule has 0 atom stereocenters. The number of benzene rings is 2. The Morgan fingerprint density at radius 2 is 1.81 bits per heavy atom. The van der Waals surface area contributed by atoms with Crippen LogP contribution in [0.4, 0.5) is 10.1 Å². The van der Waals surface area contributed by atoms with E-state index >= 15 is 0 Å². The Bertz CT molecular complexity index is 778. The van der Waals surface area contributed by atoms with Gasteiger partial charge in [-0.3, -0.25) is 9.59 Å². The number of carbonyl (C=O) groups excluding carboxylic acids is 2. The van der Waals surface area contributed by atoms with Gasteiger partial charge >= 0.3 is 0 Å². The van der Waals surface area contributed by atoms with Crippen LogP contribution in [0.25, 0.3) is 0 Å². The van der Waals surface area contributed by atoms with Crippen molar-refractivity contribution in [3.63, 3.8) is 0 Å². The van der Waals surface area contributed by atoms with Crippen molar-refractivity contribution in [2.24, 2.45) is 0 Å². The number of nitrogens with one attached hydrogen (secondary N) is 1. The van der Waals surface area contributed by atoms with E-state index < -0.39 is 0 Å². The van der Waals surface area contributed by atoms with Crippen LogP contribution in [0.3, 0.4) is 0 Å². The van der Waals surface area contributed by atoms with Gasteiger partial charge in [0.2, 0.25) is 11.8 Å². The standard InChI is InChI=1S/C20H22ClFN2O2/c1-14-3-6-17(21)13-19(14)23-20(26)10-12-24(15(2)25)11-9-16-4-7-18(22)8-5-16/h3-8,13H,9-12H2,1-2H3,(H,23,26). The van der Waals surface area contributed by atoms with E-state index in [4.69, 9.17) is 11.6 Å². The van der Waals surface area contributed by atoms with Crippen LogP contribution >= 0.6 is 11.6 Å². The first kappa shape index (κ1) is 19.9. The van der Waals surface area contributed by atoms with Crippen molar-refractivity contribution in [3.05, 3.63) is 64.4 Å². The van der Waals surface area contributed by atoms with Gasteiger partial charge in [-0.05, 0) is 48.7 Å². The second-order valence-electron chi connectivity index (χ2n) is 6.14. The summed E-state index contributed by atoms with van der Waals surface area (Å²) in [6.45, 7) is 4.16. The lowest BCUT2D eigenvalue weighted by Gasteiger charge is -2.21. The number of halogens is 2. The summed E-state index contributed by atoms with van der Waals surface area (Å²) < 4.78 is 12.9. The zero-order chi connectivity index (χ0) is 19.1. The Morgan fingerprint density at radius 3 is 2.46 bits per heavy atom. The van der Waals surface area contributed by atoms with Crippen molar-refractivity contribution in [1.29, 1.82) is 0 Å². The number of hydrogen-bond donors (Lipinski definition) is 1. The Balaban J connectivity index is 1.87. The minimum atomic E-state index is -0.287. The Morgan fingerprint density at radius 1 is 1.12 bits per heavy atom. The number of carbonyl (C=O) groups is 2. The van der Waals surface area contributed by atoms with E-state index in [1.54, 1.807) is 29.2 Å². The molecule has 0 aromatic heterocycles. The minimum Gasteiger partial charge on any atom is -0.342 e. The molecule has 2 rings (SSSR count). The van der Waals surface area contributed by atoms with Crippen LogP contribution in [0, 0.1) is 12.7 Å². The normalized spacial score (nSPS) is 10.5. The average Bonchev–Trinajstić information content (AvgIpc) is 2.59. The summed E-state index contributed by atoms with van der Waals surface area (Å²) in [5.41, 5.74) is 2.53. The summed E-state index contributed by atoms with van der Waals surface area (Å²) in [6, 6.07) is 11.5. The van der Waals surface area contributed by atoms with E-state index in [0.717, 1.165) is 11.1 Å². The van der Waals surface area contributed by atoms with Crippen LogP contribution in [-0.4, -0.2) is 29.8 Å². The Labute approximate surface area is 158 Å². The molecule has 0 aliphatic carbocycles. The van der Waals surface area contributed by atoms with Gasteiger partial charge in [-0.15, -0.1) is 0 Å². The van der Waals surface area contributed by atoms with Gasteiger partial charge in [0.25, 0.3) is 0 Å². The fraction of sp³-hybridized carbons (Fsp3) is 0.300. The number of hydrogen-bond acceptors (Lipinski definition) is 2. The Hall–Kier alpha value is -2.40. The lowest BCUT2D eigenvalue weighted by molar-refractivity contribution is -0.129. The zero-order valence-electron chi connectivity index (χ0n) is 14.9. The zero-order valence-corrected chi connectivity index (χ0v) is 15.6. The van der Waals surface area contributed by atoms with Gasteiger partial charge in [0.15, 0.2) is 0 Å². The van der Waals surface area contributed by atoms with E-state index in [9.17, 15) is 14.0 Å². The minimum absolute atomic E-state index is 0.0983. The lowest BCUT2D eigenvalue weighted by atomic mass is 10.1. The summed E-state index contributed by atoms with van der Waals surface area (Å²) in [6.07, 6.45) is 0.795. The molecule has 2 aromatic carbocycles. The van der Waals surface area contributed by atoms with Crippen molar-refractivity contribution in [3.8, 4) is 0 Å². The average molecular weight is 377 g/mol. The van der Waals surface area contributed by atoms with Crippen molar-refractivity contribution in [1.82, 2.24) is 4.90 Å². The summed E-state index contributed by atoms with van der Waals surface area (Å²) in [4.78, 5) is 25.6. The van der Waals surface area contributed by atoms with Crippen LogP contribution in [0.15, 0.2) is 42.5 Å². The highest BCUT2D eigenvalue weighted by Gasteiger charge is 2.12. The van der Waals surface area contributed by atoms with Crippen LogP contribution in [-0.2, 0) is 16.0 Å². The lowest BCUT2D eigenvalue weighted by Crippen LogP contribution is -2.33. The highest BCUT2D eigenvalue weighted by atomic mass is 35.5. The maximum Gasteiger partial charge on any atom is 0.226 e. The molecule has 0 aliphatic heterocycles. The smallest absolute Gasteiger partial charge is 0.226 e. The van der Waals surface area contributed by atoms with E-state index in [0.29, 0.717) is 30.2 Å². The first-order valence-corrected chi connectivity index (χ1v) is 8.79. The Kier molecular flexibility index (Phi) is 7.16. The van der Waals surface area contributed by atoms with Crippen LogP contribution in [0.1, 0.15) is 24.5 Å². The fourth-order valence-electron chi connectivity index (χ4n) is 2.52. The SMILES string of the molecule is CC(=O)N(CCC(=O)Nc1cc(Cl)ccc1C)CCc1ccc(F)cc1. The van der Waals surface area contributed by atoms with Gasteiger partial charge in [-0.25, -0.2) is 4.39 Å². The first-order chi connectivity index (χ1) is 12.3. The number of anilines is 1. The van der Waals surface area contributed by atoms with Gasteiger partial charge in [-0.1, -0.05) is 29.8 Å². The predicted octanol–water partition coefficient (Wildman–Crippen LogP) is 4.21. The van der Waals surface area contributed by atoms with Crippen molar-refractivity contribution in [2.75, 3.05) is 18.4 Å². The largest absolute Gasteiger partial charge is 0.342 e. The maximum absolute atomic E-state index is 12.9. The molecular weight excluding hydrogens is 355 g/mol. The highest BCUT2D eigenvalue weighted by molar-refractivity contribution is 6.31. The van der Waals surface area contributed by atoms with Crippen LogP contribution in [0.2, 0.25) is 5.02 Å². The number of nitrogens with zero attached hydrogens (tertiary/aromatic N) is 1. The molecule has 26 heavy (non-hydrogen) atoms. The molecule has 0 saturated carbocycles. The summed E-state index contributed by atoms with van der Waals surface area (Å²) in [5, 5.41) is 3.37. The van der Waals surface area contributed by atoms with Gasteiger partial charge < -0.3 is 10.2 Å². The van der Waals surface area contributed by atoms with E-state index in [-0.39, 0.29) is 24.1 Å². The molecule has 0 saturated heterocycles. The molecule has 0 heterocycles. The van der Waals surface area contributed by atoms with Crippen LogP contribution < -0.4 is 5.32 Å². The molecule has 1 N–H and O–H groups in total. The fourth-order valence-corrected chi connectivity index (χ4v) is 2.69. The molecule has 4 nitrogen and oxygen atoms in total. The second-order valence-corrected chi connectivity index (χ2v) is 6.58. The third-order valence-corrected chi connectivity index (χ3v) is 4.35. The van der Waals surface area contributed by atoms with Gasteiger partial charge in [0.05, 0.1) is 0 Å². The molecule has 2 aromatic rings. The molecule has 0 bridgehead atoms. The molecule has 2 amide bonds. The number of amides is 2. The maximum atomic E-state index is 12.9. The molecule has 0 radical (unpaired) electrons. The van der Waals surface area contributed by atoms with E-state index in [1.165, 1.54) is 19.1 Å². The molecule has 0 aliphatic rings. The summed E-state index contributed by atoms with van der Waals surface area (Å²) in [5.74, 6) is -0.563. The van der Waals surface area contributed by atoms with Gasteiger partial charge in [0.1, 0.15) is 5.82 Å². The third-order valence-electron chi connectivity index (χ3n) is 4.11. The topological polar surface area (TPSA) is 49.4 Å². The highest BCUT2D eigenvalue weighted by Crippen LogP contribution is 2.20.